The van der Waals surface area contributed by atoms with Gasteiger partial charge < -0.3 is 10.5 Å². The Bertz CT molecular complexity index is 332. The highest BCUT2D eigenvalue weighted by Gasteiger charge is 2.12. The smallest absolute Gasteiger partial charge is 0.156 e. The lowest BCUT2D eigenvalue weighted by Crippen LogP contribution is -2.02. The number of benzene rings is 1. The molecule has 0 fully saturated rings. The molecule has 2 nitrogen and oxygen atoms in total. The highest BCUT2D eigenvalue weighted by Crippen LogP contribution is 2.36. The highest BCUT2D eigenvalue weighted by molar-refractivity contribution is 6.37. The molecule has 0 radical (unpaired) electrons. The van der Waals surface area contributed by atoms with Gasteiger partial charge in [-0.3, -0.25) is 0 Å². The van der Waals surface area contributed by atoms with Crippen molar-refractivity contribution in [1.29, 1.82) is 0 Å². The Balaban J connectivity index is 2.90. The molecule has 1 rings (SSSR count). The maximum atomic E-state index is 6.08. The maximum absolute atomic E-state index is 6.08. The van der Waals surface area contributed by atoms with E-state index in [1.807, 2.05) is 12.1 Å². The topological polar surface area (TPSA) is 35.2 Å². The summed E-state index contributed by atoms with van der Waals surface area (Å²) in [5.74, 6) is 0.947. The van der Waals surface area contributed by atoms with Crippen molar-refractivity contribution in [2.24, 2.45) is 5.73 Å². The second-order valence-electron chi connectivity index (χ2n) is 3.85. The van der Waals surface area contributed by atoms with E-state index in [2.05, 4.69) is 6.92 Å². The average molecular weight is 262 g/mol. The Hall–Kier alpha value is -0.440. The number of hydrogen-bond acceptors (Lipinski definition) is 2. The molecule has 0 heterocycles. The quantitative estimate of drug-likeness (QED) is 0.874. The molecule has 0 aliphatic carbocycles. The van der Waals surface area contributed by atoms with Crippen LogP contribution in [0.1, 0.15) is 31.2 Å². The van der Waals surface area contributed by atoms with Crippen molar-refractivity contribution in [3.05, 3.63) is 27.7 Å². The summed E-state index contributed by atoms with van der Waals surface area (Å²) in [4.78, 5) is 0. The second-order valence-corrected chi connectivity index (χ2v) is 4.66. The van der Waals surface area contributed by atoms with E-state index in [1.54, 1.807) is 7.11 Å². The van der Waals surface area contributed by atoms with Crippen LogP contribution < -0.4 is 10.5 Å². The van der Waals surface area contributed by atoms with E-state index in [0.717, 1.165) is 18.4 Å². The van der Waals surface area contributed by atoms with Crippen molar-refractivity contribution in [2.75, 3.05) is 13.7 Å². The summed E-state index contributed by atoms with van der Waals surface area (Å²) in [6.07, 6.45) is 2.04. The first-order chi connectivity index (χ1) is 7.60. The van der Waals surface area contributed by atoms with Gasteiger partial charge in [0.2, 0.25) is 0 Å². The van der Waals surface area contributed by atoms with Crippen molar-refractivity contribution in [2.45, 2.75) is 25.7 Å². The summed E-state index contributed by atoms with van der Waals surface area (Å²) in [7, 11) is 1.56. The van der Waals surface area contributed by atoms with Gasteiger partial charge in [-0.15, -0.1) is 0 Å². The molecule has 1 aromatic rings. The molecular formula is C12H17Cl2NO. The van der Waals surface area contributed by atoms with Crippen LogP contribution in [-0.4, -0.2) is 13.7 Å². The Labute approximate surface area is 107 Å². The fraction of sp³-hybridized carbons (Fsp3) is 0.500. The molecule has 1 aromatic carbocycles. The van der Waals surface area contributed by atoms with Gasteiger partial charge in [-0.25, -0.2) is 0 Å². The van der Waals surface area contributed by atoms with E-state index in [1.165, 1.54) is 0 Å². The molecule has 0 spiro atoms. The minimum atomic E-state index is 0.407. The third-order valence-electron chi connectivity index (χ3n) is 2.64. The lowest BCUT2D eigenvalue weighted by molar-refractivity contribution is 0.415. The number of rotatable bonds is 5. The van der Waals surface area contributed by atoms with Crippen LogP contribution in [0.4, 0.5) is 0 Å². The molecule has 1 unspecified atom stereocenters. The Morgan fingerprint density at radius 2 is 1.88 bits per heavy atom. The summed E-state index contributed by atoms with van der Waals surface area (Å²) < 4.78 is 5.11. The van der Waals surface area contributed by atoms with E-state index >= 15 is 0 Å². The zero-order valence-corrected chi connectivity index (χ0v) is 11.1. The third-order valence-corrected chi connectivity index (χ3v) is 3.20. The minimum Gasteiger partial charge on any atom is -0.494 e. The summed E-state index contributed by atoms with van der Waals surface area (Å²) in [6, 6.07) is 3.82. The molecule has 0 amide bonds. The van der Waals surface area contributed by atoms with Crippen LogP contribution in [0.3, 0.4) is 0 Å². The van der Waals surface area contributed by atoms with Crippen molar-refractivity contribution in [3.8, 4) is 5.75 Å². The Morgan fingerprint density at radius 3 is 2.31 bits per heavy atom. The number of hydrogen-bond donors (Lipinski definition) is 1. The van der Waals surface area contributed by atoms with E-state index in [9.17, 15) is 0 Å². The van der Waals surface area contributed by atoms with Gasteiger partial charge in [0, 0.05) is 0 Å². The molecule has 0 aliphatic rings. The van der Waals surface area contributed by atoms with E-state index in [-0.39, 0.29) is 0 Å². The average Bonchev–Trinajstić information content (AvgIpc) is 2.25. The molecule has 0 saturated heterocycles. The zero-order chi connectivity index (χ0) is 12.1. The summed E-state index contributed by atoms with van der Waals surface area (Å²) in [5.41, 5.74) is 6.62. The van der Waals surface area contributed by atoms with Gasteiger partial charge in [-0.1, -0.05) is 30.1 Å². The first-order valence-electron chi connectivity index (χ1n) is 5.33. The molecule has 2 N–H and O–H groups in total. The highest BCUT2D eigenvalue weighted by atomic mass is 35.5. The molecule has 4 heteroatoms. The zero-order valence-electron chi connectivity index (χ0n) is 9.59. The molecule has 0 bridgehead atoms. The van der Waals surface area contributed by atoms with Crippen LogP contribution in [0.2, 0.25) is 10.0 Å². The van der Waals surface area contributed by atoms with Crippen LogP contribution >= 0.6 is 23.2 Å². The SMILES string of the molecule is COc1c(Cl)cc(C(C)CCCN)cc1Cl. The summed E-state index contributed by atoms with van der Waals surface area (Å²) >= 11 is 12.2. The van der Waals surface area contributed by atoms with Gasteiger partial charge in [0.05, 0.1) is 17.2 Å². The molecule has 0 saturated carbocycles. The van der Waals surface area contributed by atoms with Crippen molar-refractivity contribution >= 4 is 23.2 Å². The van der Waals surface area contributed by atoms with E-state index in [4.69, 9.17) is 33.7 Å². The van der Waals surface area contributed by atoms with Crippen LogP contribution in [0.15, 0.2) is 12.1 Å². The van der Waals surface area contributed by atoms with Crippen LogP contribution in [0.5, 0.6) is 5.75 Å². The van der Waals surface area contributed by atoms with Gasteiger partial charge in [-0.05, 0) is 43.0 Å². The predicted octanol–water partition coefficient (Wildman–Crippen LogP) is 3.84. The Morgan fingerprint density at radius 1 is 1.31 bits per heavy atom. The minimum absolute atomic E-state index is 0.407. The molecule has 16 heavy (non-hydrogen) atoms. The monoisotopic (exact) mass is 261 g/mol. The molecule has 90 valence electrons. The first kappa shape index (κ1) is 13.6. The standard InChI is InChI=1S/C12H17Cl2NO/c1-8(4-3-5-15)9-6-10(13)12(16-2)11(14)7-9/h6-8H,3-5,15H2,1-2H3. The number of methoxy groups -OCH3 is 1. The predicted molar refractivity (Wildman–Crippen MR) is 69.7 cm³/mol. The number of nitrogens with two attached hydrogens (primary N) is 1. The van der Waals surface area contributed by atoms with E-state index in [0.29, 0.717) is 28.3 Å². The molecular weight excluding hydrogens is 245 g/mol. The van der Waals surface area contributed by atoms with Gasteiger partial charge >= 0.3 is 0 Å². The maximum Gasteiger partial charge on any atom is 0.156 e. The van der Waals surface area contributed by atoms with Crippen molar-refractivity contribution in [3.63, 3.8) is 0 Å². The normalized spacial score (nSPS) is 12.6. The largest absolute Gasteiger partial charge is 0.494 e. The van der Waals surface area contributed by atoms with Crippen LogP contribution in [0.25, 0.3) is 0 Å². The summed E-state index contributed by atoms with van der Waals surface area (Å²) in [5, 5.41) is 1.12. The molecule has 0 aliphatic heterocycles. The summed E-state index contributed by atoms with van der Waals surface area (Å²) in [6.45, 7) is 2.85. The van der Waals surface area contributed by atoms with Gasteiger partial charge in [0.15, 0.2) is 5.75 Å². The first-order valence-corrected chi connectivity index (χ1v) is 6.08. The fourth-order valence-electron chi connectivity index (χ4n) is 1.65. The molecule has 1 atom stereocenters. The van der Waals surface area contributed by atoms with Crippen molar-refractivity contribution in [1.82, 2.24) is 0 Å². The van der Waals surface area contributed by atoms with Crippen LogP contribution in [0, 0.1) is 0 Å². The van der Waals surface area contributed by atoms with E-state index < -0.39 is 0 Å². The van der Waals surface area contributed by atoms with Gasteiger partial charge in [0.1, 0.15) is 0 Å². The molecule has 0 aromatic heterocycles. The second kappa shape index (κ2) is 6.33. The van der Waals surface area contributed by atoms with Gasteiger partial charge in [0.25, 0.3) is 0 Å². The van der Waals surface area contributed by atoms with Crippen molar-refractivity contribution < 1.29 is 4.74 Å². The Kier molecular flexibility index (Phi) is 5.39. The fourth-order valence-corrected chi connectivity index (χ4v) is 2.31. The number of halogens is 2. The van der Waals surface area contributed by atoms with Crippen LogP contribution in [-0.2, 0) is 0 Å². The third kappa shape index (κ3) is 3.27. The number of ether oxygens (including phenoxy) is 1. The lowest BCUT2D eigenvalue weighted by Gasteiger charge is -2.14. The van der Waals surface area contributed by atoms with Gasteiger partial charge in [-0.2, -0.15) is 0 Å². The lowest BCUT2D eigenvalue weighted by atomic mass is 9.96.